The quantitative estimate of drug-likeness (QED) is 0.264. The maximum Gasteiger partial charge on any atom is 0.575 e. The van der Waals surface area contributed by atoms with Crippen LogP contribution >= 0.6 is 0 Å². The van der Waals surface area contributed by atoms with E-state index in [1.54, 1.807) is 0 Å². The number of hydrogen-bond donors (Lipinski definition) is 2. The lowest BCUT2D eigenvalue weighted by Gasteiger charge is -2.47. The first-order chi connectivity index (χ1) is 15.1. The third-order valence-corrected chi connectivity index (χ3v) is 5.50. The van der Waals surface area contributed by atoms with Crippen LogP contribution in [0.25, 0.3) is 0 Å². The first kappa shape index (κ1) is 31.1. The summed E-state index contributed by atoms with van der Waals surface area (Å²) >= 11 is 0. The predicted octanol–water partition coefficient (Wildman–Crippen LogP) is 5.35. The van der Waals surface area contributed by atoms with Crippen molar-refractivity contribution < 1.29 is 85.6 Å². The molecule has 0 amide bonds. The minimum atomic E-state index is -6.88. The molecule has 0 radical (unpaired) electrons. The van der Waals surface area contributed by atoms with Crippen LogP contribution in [0.15, 0.2) is 12.2 Å². The third kappa shape index (κ3) is 5.75. The van der Waals surface area contributed by atoms with Crippen molar-refractivity contribution in [3.63, 3.8) is 0 Å². The molecule has 0 spiro atoms. The van der Waals surface area contributed by atoms with Crippen LogP contribution in [-0.4, -0.2) is 58.5 Å². The molecule has 4 unspecified atom stereocenters. The van der Waals surface area contributed by atoms with Crippen LogP contribution in [-0.2, 0) is 9.53 Å². The van der Waals surface area contributed by atoms with Crippen molar-refractivity contribution in [3.05, 3.63) is 12.2 Å². The molecular formula is C16H13F15O4. The van der Waals surface area contributed by atoms with Crippen LogP contribution in [0.2, 0.25) is 0 Å². The molecule has 4 atom stereocenters. The Kier molecular flexibility index (Phi) is 7.89. The summed E-state index contributed by atoms with van der Waals surface area (Å²) in [5, 5.41) is 17.0. The summed E-state index contributed by atoms with van der Waals surface area (Å²) in [6, 6.07) is 0. The zero-order chi connectivity index (χ0) is 28.2. The number of halogens is 15. The zero-order valence-electron chi connectivity index (χ0n) is 16.4. The maximum absolute atomic E-state index is 14.7. The highest BCUT2D eigenvalue weighted by Crippen LogP contribution is 2.60. The van der Waals surface area contributed by atoms with Gasteiger partial charge in [-0.05, 0) is 25.2 Å². The Morgan fingerprint density at radius 1 is 0.657 bits per heavy atom. The van der Waals surface area contributed by atoms with Crippen molar-refractivity contribution in [3.8, 4) is 0 Å². The highest BCUT2D eigenvalue weighted by atomic mass is 19.4. The van der Waals surface area contributed by atoms with Crippen molar-refractivity contribution in [1.82, 2.24) is 0 Å². The molecule has 1 saturated carbocycles. The van der Waals surface area contributed by atoms with Crippen molar-refractivity contribution in [1.29, 1.82) is 0 Å². The molecule has 0 aliphatic heterocycles. The lowest BCUT2D eigenvalue weighted by Crippen LogP contribution is -2.65. The van der Waals surface area contributed by atoms with Crippen LogP contribution in [0.5, 0.6) is 0 Å². The molecule has 0 aromatic rings. The number of aliphatic hydroxyl groups is 2. The van der Waals surface area contributed by atoms with Gasteiger partial charge < -0.3 is 14.9 Å². The monoisotopic (exact) mass is 554 g/mol. The van der Waals surface area contributed by atoms with Crippen LogP contribution in [0.1, 0.15) is 19.3 Å². The molecule has 35 heavy (non-hydrogen) atoms. The molecule has 4 nitrogen and oxygen atoms in total. The summed E-state index contributed by atoms with van der Waals surface area (Å²) in [7, 11) is 0. The van der Waals surface area contributed by atoms with E-state index in [4.69, 9.17) is 10.2 Å². The van der Waals surface area contributed by atoms with E-state index >= 15 is 0 Å². The van der Waals surface area contributed by atoms with Crippen molar-refractivity contribution >= 4 is 5.97 Å². The molecule has 0 bridgehead atoms. The summed E-state index contributed by atoms with van der Waals surface area (Å²) in [4.78, 5) is 11.5. The van der Waals surface area contributed by atoms with E-state index in [1.807, 2.05) is 0 Å². The SMILES string of the molecule is C=C(C(=O)OC(F)(F)F)C1CC(C(F)(C(O)(F)F)C(F)(F)F)CC(C(F)(C(O)(F)F)C(F)(F)F)C1. The van der Waals surface area contributed by atoms with Gasteiger partial charge in [-0.15, -0.1) is 13.2 Å². The van der Waals surface area contributed by atoms with Crippen LogP contribution in [0.3, 0.4) is 0 Å². The van der Waals surface area contributed by atoms with Gasteiger partial charge in [0.1, 0.15) is 0 Å². The Labute approximate surface area is 184 Å². The fourth-order valence-corrected chi connectivity index (χ4v) is 3.89. The van der Waals surface area contributed by atoms with E-state index in [2.05, 4.69) is 11.3 Å². The van der Waals surface area contributed by atoms with Gasteiger partial charge in [-0.25, -0.2) is 13.6 Å². The van der Waals surface area contributed by atoms with E-state index in [9.17, 15) is 70.7 Å². The Morgan fingerprint density at radius 2 is 0.971 bits per heavy atom. The van der Waals surface area contributed by atoms with E-state index in [1.165, 1.54) is 0 Å². The largest absolute Gasteiger partial charge is 0.575 e. The fraction of sp³-hybridized carbons (Fsp3) is 0.812. The molecule has 206 valence electrons. The van der Waals surface area contributed by atoms with Crippen LogP contribution < -0.4 is 0 Å². The minimum Gasteiger partial charge on any atom is -0.369 e. The highest BCUT2D eigenvalue weighted by molar-refractivity contribution is 5.88. The highest BCUT2D eigenvalue weighted by Gasteiger charge is 2.79. The first-order valence-corrected chi connectivity index (χ1v) is 8.81. The molecule has 1 aliphatic rings. The van der Waals surface area contributed by atoms with Crippen molar-refractivity contribution in [2.24, 2.45) is 17.8 Å². The number of esters is 1. The van der Waals surface area contributed by atoms with Gasteiger partial charge in [-0.1, -0.05) is 6.58 Å². The minimum absolute atomic E-state index is 1.77. The molecule has 0 saturated heterocycles. The Morgan fingerprint density at radius 3 is 1.20 bits per heavy atom. The van der Waals surface area contributed by atoms with E-state index in [0.717, 1.165) is 0 Å². The van der Waals surface area contributed by atoms with Gasteiger partial charge in [0.05, 0.1) is 0 Å². The number of ether oxygens (including phenoxy) is 1. The van der Waals surface area contributed by atoms with Crippen molar-refractivity contribution in [2.45, 2.75) is 61.5 Å². The number of carbonyl (C=O) groups excluding carboxylic acids is 1. The molecule has 1 fully saturated rings. The molecule has 0 heterocycles. The van der Waals surface area contributed by atoms with E-state index in [-0.39, 0.29) is 0 Å². The number of hydrogen-bond acceptors (Lipinski definition) is 4. The van der Waals surface area contributed by atoms with Crippen molar-refractivity contribution in [2.75, 3.05) is 0 Å². The van der Waals surface area contributed by atoms with Gasteiger partial charge >= 0.3 is 36.9 Å². The van der Waals surface area contributed by atoms with Gasteiger partial charge in [0.25, 0.3) is 11.3 Å². The Balaban J connectivity index is 3.75. The maximum atomic E-state index is 14.7. The molecule has 0 aromatic heterocycles. The second kappa shape index (κ2) is 8.88. The first-order valence-electron chi connectivity index (χ1n) is 8.81. The molecule has 19 heteroatoms. The van der Waals surface area contributed by atoms with Gasteiger partial charge in [-0.3, -0.25) is 0 Å². The standard InChI is InChI=1S/C16H13F15O4/c1-5(9(32)35-16(29,30)31)6-2-7(10(17,12(19,20)21)14(25,26)33)4-8(3-6)11(18,13(22,23)24)15(27,28)34/h6-8,33-34H,1-4H2. The fourth-order valence-electron chi connectivity index (χ4n) is 3.89. The van der Waals surface area contributed by atoms with Gasteiger partial charge in [0.2, 0.25) is 0 Å². The Bertz CT molecular complexity index is 728. The summed E-state index contributed by atoms with van der Waals surface area (Å²) in [6.07, 6.45) is -39.0. The number of carbonyl (C=O) groups is 1. The van der Waals surface area contributed by atoms with Gasteiger partial charge in [0.15, 0.2) is 0 Å². The average molecular weight is 554 g/mol. The zero-order valence-corrected chi connectivity index (χ0v) is 16.4. The normalized spacial score (nSPS) is 26.5. The summed E-state index contributed by atoms with van der Waals surface area (Å²) in [5.41, 5.74) is -14.3. The number of rotatable bonds is 6. The lowest BCUT2D eigenvalue weighted by molar-refractivity contribution is -0.400. The number of alkyl halides is 15. The Hall–Kier alpha value is -1.92. The molecule has 0 aromatic carbocycles. The van der Waals surface area contributed by atoms with Crippen LogP contribution in [0, 0.1) is 17.8 Å². The average Bonchev–Trinajstić information content (AvgIpc) is 2.60. The molecule has 1 rings (SSSR count). The predicted molar refractivity (Wildman–Crippen MR) is 79.7 cm³/mol. The molecule has 1 aliphatic carbocycles. The smallest absolute Gasteiger partial charge is 0.369 e. The van der Waals surface area contributed by atoms with E-state index in [0.29, 0.717) is 0 Å². The third-order valence-electron chi connectivity index (χ3n) is 5.50. The summed E-state index contributed by atoms with van der Waals surface area (Å²) in [6.45, 7) is 2.56. The van der Waals surface area contributed by atoms with Gasteiger partial charge in [0, 0.05) is 17.4 Å². The topological polar surface area (TPSA) is 66.8 Å². The van der Waals surface area contributed by atoms with E-state index < -0.39 is 90.8 Å². The summed E-state index contributed by atoms with van der Waals surface area (Å²) in [5.74, 6) is -12.9. The molecular weight excluding hydrogens is 541 g/mol. The van der Waals surface area contributed by atoms with Gasteiger partial charge in [-0.2, -0.15) is 43.9 Å². The lowest BCUT2D eigenvalue weighted by atomic mass is 9.62. The van der Waals surface area contributed by atoms with Crippen LogP contribution in [0.4, 0.5) is 65.9 Å². The second-order valence-electron chi connectivity index (χ2n) is 7.66. The second-order valence-corrected chi connectivity index (χ2v) is 7.66. The summed E-state index contributed by atoms with van der Waals surface area (Å²) < 4.78 is 201. The molecule has 2 N–H and O–H groups in total.